The number of esters is 1. The molecule has 0 saturated heterocycles. The van der Waals surface area contributed by atoms with Gasteiger partial charge in [-0.05, 0) is 18.9 Å². The van der Waals surface area contributed by atoms with Gasteiger partial charge in [-0.3, -0.25) is 0 Å². The van der Waals surface area contributed by atoms with Crippen LogP contribution in [-0.2, 0) is 9.53 Å². The topological polar surface area (TPSA) is 46.5 Å². The van der Waals surface area contributed by atoms with Crippen molar-refractivity contribution in [2.45, 2.75) is 71.3 Å². The van der Waals surface area contributed by atoms with E-state index in [1.807, 2.05) is 6.92 Å². The molecular weight excluding hydrogens is 228 g/mol. The zero-order chi connectivity index (χ0) is 13.4. The summed E-state index contributed by atoms with van der Waals surface area (Å²) >= 11 is 0. The molecule has 1 aliphatic rings. The van der Waals surface area contributed by atoms with Gasteiger partial charge >= 0.3 is 5.97 Å². The van der Waals surface area contributed by atoms with Gasteiger partial charge in [0, 0.05) is 0 Å². The molecule has 1 aliphatic heterocycles. The number of aliphatic hydroxyl groups excluding tert-OH is 1. The lowest BCUT2D eigenvalue weighted by Gasteiger charge is -2.10. The molecule has 3 nitrogen and oxygen atoms in total. The predicted octanol–water partition coefficient (Wildman–Crippen LogP) is 3.36. The lowest BCUT2D eigenvalue weighted by atomic mass is 9.99. The van der Waals surface area contributed by atoms with Crippen molar-refractivity contribution in [2.75, 3.05) is 6.61 Å². The van der Waals surface area contributed by atoms with Crippen molar-refractivity contribution in [3.63, 3.8) is 0 Å². The Labute approximate surface area is 110 Å². The number of cyclic esters (lactones) is 1. The largest absolute Gasteiger partial charge is 0.458 e. The third kappa shape index (κ3) is 4.81. The summed E-state index contributed by atoms with van der Waals surface area (Å²) in [5.74, 6) is -0.331. The van der Waals surface area contributed by atoms with E-state index in [0.29, 0.717) is 18.6 Å². The normalized spacial score (nSPS) is 17.2. The molecule has 1 unspecified atom stereocenters. The van der Waals surface area contributed by atoms with Crippen LogP contribution in [0.25, 0.3) is 0 Å². The fourth-order valence-corrected chi connectivity index (χ4v) is 2.36. The first-order valence-electron chi connectivity index (χ1n) is 7.21. The van der Waals surface area contributed by atoms with Gasteiger partial charge in [0.15, 0.2) is 0 Å². The second kappa shape index (κ2) is 8.30. The molecule has 0 bridgehead atoms. The number of carbonyl (C=O) groups is 1. The summed E-state index contributed by atoms with van der Waals surface area (Å²) in [5, 5.41) is 9.97. The van der Waals surface area contributed by atoms with Crippen LogP contribution in [-0.4, -0.2) is 23.8 Å². The molecule has 1 atom stereocenters. The zero-order valence-electron chi connectivity index (χ0n) is 11.7. The van der Waals surface area contributed by atoms with E-state index in [2.05, 4.69) is 6.92 Å². The Morgan fingerprint density at radius 2 is 1.78 bits per heavy atom. The standard InChI is InChI=1S/C15H26O3/c1-3-4-5-6-7-8-9-10-13(16)14-12(2)11-18-15(14)17/h13,16H,3-11H2,1-2H3. The predicted molar refractivity (Wildman–Crippen MR) is 72.3 cm³/mol. The molecular formula is C15H26O3. The minimum Gasteiger partial charge on any atom is -0.458 e. The summed E-state index contributed by atoms with van der Waals surface area (Å²) in [4.78, 5) is 11.4. The van der Waals surface area contributed by atoms with Crippen LogP contribution < -0.4 is 0 Å². The molecule has 0 aliphatic carbocycles. The molecule has 0 spiro atoms. The van der Waals surface area contributed by atoms with Gasteiger partial charge in [-0.1, -0.05) is 51.9 Å². The summed E-state index contributed by atoms with van der Waals surface area (Å²) in [6.45, 7) is 4.42. The first-order valence-corrected chi connectivity index (χ1v) is 7.21. The molecule has 0 aromatic rings. The van der Waals surface area contributed by atoms with Crippen LogP contribution in [0.15, 0.2) is 11.1 Å². The van der Waals surface area contributed by atoms with Crippen LogP contribution in [0.5, 0.6) is 0 Å². The van der Waals surface area contributed by atoms with Crippen LogP contribution >= 0.6 is 0 Å². The Bertz CT molecular complexity index is 294. The molecule has 1 heterocycles. The summed E-state index contributed by atoms with van der Waals surface area (Å²) in [6, 6.07) is 0. The van der Waals surface area contributed by atoms with Crippen molar-refractivity contribution in [2.24, 2.45) is 0 Å². The SMILES string of the molecule is CCCCCCCCCC(O)C1=C(C)COC1=O. The molecule has 104 valence electrons. The first kappa shape index (κ1) is 15.2. The summed E-state index contributed by atoms with van der Waals surface area (Å²) in [7, 11) is 0. The van der Waals surface area contributed by atoms with Gasteiger partial charge in [0.2, 0.25) is 0 Å². The molecule has 0 fully saturated rings. The molecule has 0 amide bonds. The van der Waals surface area contributed by atoms with Crippen molar-refractivity contribution >= 4 is 5.97 Å². The maximum atomic E-state index is 11.4. The van der Waals surface area contributed by atoms with Gasteiger partial charge < -0.3 is 9.84 Å². The van der Waals surface area contributed by atoms with E-state index in [0.717, 1.165) is 18.4 Å². The fourth-order valence-electron chi connectivity index (χ4n) is 2.36. The van der Waals surface area contributed by atoms with E-state index in [4.69, 9.17) is 4.74 Å². The Kier molecular flexibility index (Phi) is 7.02. The second-order valence-corrected chi connectivity index (χ2v) is 5.20. The molecule has 18 heavy (non-hydrogen) atoms. The van der Waals surface area contributed by atoms with Crippen LogP contribution in [0.2, 0.25) is 0 Å². The van der Waals surface area contributed by atoms with E-state index in [1.54, 1.807) is 0 Å². The minimum absolute atomic E-state index is 0.331. The Morgan fingerprint density at radius 1 is 1.17 bits per heavy atom. The lowest BCUT2D eigenvalue weighted by Crippen LogP contribution is -2.16. The average Bonchev–Trinajstić information content (AvgIpc) is 2.68. The van der Waals surface area contributed by atoms with E-state index in [-0.39, 0.29) is 5.97 Å². The summed E-state index contributed by atoms with van der Waals surface area (Å²) < 4.78 is 4.90. The van der Waals surface area contributed by atoms with Crippen LogP contribution in [0, 0.1) is 0 Å². The van der Waals surface area contributed by atoms with E-state index in [9.17, 15) is 9.90 Å². The van der Waals surface area contributed by atoms with E-state index >= 15 is 0 Å². The van der Waals surface area contributed by atoms with Crippen molar-refractivity contribution in [1.82, 2.24) is 0 Å². The van der Waals surface area contributed by atoms with Crippen molar-refractivity contribution in [3.05, 3.63) is 11.1 Å². The number of aliphatic hydroxyl groups is 1. The van der Waals surface area contributed by atoms with Crippen molar-refractivity contribution in [3.8, 4) is 0 Å². The van der Waals surface area contributed by atoms with Crippen LogP contribution in [0.4, 0.5) is 0 Å². The van der Waals surface area contributed by atoms with Crippen LogP contribution in [0.1, 0.15) is 65.2 Å². The lowest BCUT2D eigenvalue weighted by molar-refractivity contribution is -0.136. The first-order chi connectivity index (χ1) is 8.66. The third-order valence-electron chi connectivity index (χ3n) is 3.51. The Morgan fingerprint density at radius 3 is 2.33 bits per heavy atom. The van der Waals surface area contributed by atoms with E-state index < -0.39 is 6.10 Å². The maximum Gasteiger partial charge on any atom is 0.337 e. The van der Waals surface area contributed by atoms with E-state index in [1.165, 1.54) is 32.1 Å². The molecule has 0 aromatic heterocycles. The highest BCUT2D eigenvalue weighted by molar-refractivity contribution is 5.92. The summed E-state index contributed by atoms with van der Waals surface area (Å²) in [6.07, 6.45) is 8.60. The quantitative estimate of drug-likeness (QED) is 0.507. The van der Waals surface area contributed by atoms with Gasteiger partial charge in [0.1, 0.15) is 6.61 Å². The Hall–Kier alpha value is -0.830. The third-order valence-corrected chi connectivity index (χ3v) is 3.51. The van der Waals surface area contributed by atoms with Gasteiger partial charge in [-0.25, -0.2) is 4.79 Å². The number of ether oxygens (including phenoxy) is 1. The van der Waals surface area contributed by atoms with Gasteiger partial charge in [-0.2, -0.15) is 0 Å². The zero-order valence-corrected chi connectivity index (χ0v) is 11.7. The molecule has 1 rings (SSSR count). The number of hydrogen-bond acceptors (Lipinski definition) is 3. The maximum absolute atomic E-state index is 11.4. The van der Waals surface area contributed by atoms with Gasteiger partial charge in [0.05, 0.1) is 11.7 Å². The van der Waals surface area contributed by atoms with Gasteiger partial charge in [0.25, 0.3) is 0 Å². The highest BCUT2D eigenvalue weighted by atomic mass is 16.5. The van der Waals surface area contributed by atoms with Crippen molar-refractivity contribution in [1.29, 1.82) is 0 Å². The minimum atomic E-state index is -0.629. The molecule has 1 N–H and O–H groups in total. The average molecular weight is 254 g/mol. The number of hydrogen-bond donors (Lipinski definition) is 1. The van der Waals surface area contributed by atoms with Gasteiger partial charge in [-0.15, -0.1) is 0 Å². The number of unbranched alkanes of at least 4 members (excludes halogenated alkanes) is 6. The molecule has 0 aromatic carbocycles. The fraction of sp³-hybridized carbons (Fsp3) is 0.800. The molecule has 0 saturated carbocycles. The highest BCUT2D eigenvalue weighted by Crippen LogP contribution is 2.22. The number of carbonyl (C=O) groups excluding carboxylic acids is 1. The smallest absolute Gasteiger partial charge is 0.337 e. The van der Waals surface area contributed by atoms with Crippen molar-refractivity contribution < 1.29 is 14.6 Å². The number of rotatable bonds is 9. The molecule has 3 heteroatoms. The molecule has 0 radical (unpaired) electrons. The monoisotopic (exact) mass is 254 g/mol. The second-order valence-electron chi connectivity index (χ2n) is 5.20. The summed E-state index contributed by atoms with van der Waals surface area (Å²) in [5.41, 5.74) is 1.39. The Balaban J connectivity index is 2.12. The highest BCUT2D eigenvalue weighted by Gasteiger charge is 2.27. The van der Waals surface area contributed by atoms with Crippen LogP contribution in [0.3, 0.4) is 0 Å².